The fourth-order valence-electron chi connectivity index (χ4n) is 4.15. The maximum atomic E-state index is 10.7. The van der Waals surface area contributed by atoms with Crippen LogP contribution in [0.2, 0.25) is 0 Å². The van der Waals surface area contributed by atoms with Crippen LogP contribution in [-0.4, -0.2) is 79.1 Å². The SMILES string of the molecule is CCCCCCN(CCOc1ccc(CCCCN)cc1)C[C@H](O)C[C@@H]1OC(C)OC[C@H]1O. The summed E-state index contributed by atoms with van der Waals surface area (Å²) in [4.78, 5) is 2.26. The van der Waals surface area contributed by atoms with Crippen LogP contribution in [0.5, 0.6) is 5.75 Å². The number of aryl methyl sites for hydroxylation is 1. The molecule has 0 bridgehead atoms. The second-order valence-corrected chi connectivity index (χ2v) is 9.13. The van der Waals surface area contributed by atoms with E-state index in [1.165, 1.54) is 24.8 Å². The van der Waals surface area contributed by atoms with Gasteiger partial charge in [0.25, 0.3) is 0 Å². The van der Waals surface area contributed by atoms with E-state index in [2.05, 4.69) is 24.0 Å². The van der Waals surface area contributed by atoms with Gasteiger partial charge < -0.3 is 30.2 Å². The molecule has 0 spiro atoms. The fourth-order valence-corrected chi connectivity index (χ4v) is 4.15. The number of rotatable bonds is 17. The molecule has 1 unspecified atom stereocenters. The van der Waals surface area contributed by atoms with Crippen molar-refractivity contribution in [3.63, 3.8) is 0 Å². The Labute approximate surface area is 200 Å². The maximum Gasteiger partial charge on any atom is 0.155 e. The van der Waals surface area contributed by atoms with Gasteiger partial charge in [-0.3, -0.25) is 4.90 Å². The molecule has 0 radical (unpaired) electrons. The van der Waals surface area contributed by atoms with Crippen molar-refractivity contribution >= 4 is 0 Å². The third kappa shape index (κ3) is 11.7. The van der Waals surface area contributed by atoms with Crippen LogP contribution in [0.15, 0.2) is 24.3 Å². The van der Waals surface area contributed by atoms with E-state index in [0.29, 0.717) is 19.6 Å². The number of hydrogen-bond donors (Lipinski definition) is 3. The highest BCUT2D eigenvalue weighted by Gasteiger charge is 2.30. The zero-order valence-corrected chi connectivity index (χ0v) is 20.7. The molecule has 1 aromatic rings. The highest BCUT2D eigenvalue weighted by molar-refractivity contribution is 5.27. The molecule has 7 heteroatoms. The van der Waals surface area contributed by atoms with Crippen LogP contribution >= 0.6 is 0 Å². The van der Waals surface area contributed by atoms with E-state index in [1.54, 1.807) is 0 Å². The average Bonchev–Trinajstić information content (AvgIpc) is 2.80. The monoisotopic (exact) mass is 466 g/mol. The minimum atomic E-state index is -0.699. The smallest absolute Gasteiger partial charge is 0.155 e. The number of nitrogens with zero attached hydrogens (tertiary/aromatic N) is 1. The predicted molar refractivity (Wildman–Crippen MR) is 131 cm³/mol. The summed E-state index contributed by atoms with van der Waals surface area (Å²) in [7, 11) is 0. The molecule has 1 aliphatic rings. The van der Waals surface area contributed by atoms with E-state index < -0.39 is 18.3 Å². The lowest BCUT2D eigenvalue weighted by Gasteiger charge is -2.34. The normalized spacial score (nSPS) is 21.9. The number of ether oxygens (including phenoxy) is 3. The molecule has 1 fully saturated rings. The molecule has 1 aliphatic heterocycles. The first-order valence-electron chi connectivity index (χ1n) is 12.8. The van der Waals surface area contributed by atoms with Crippen molar-refractivity contribution in [1.82, 2.24) is 4.90 Å². The Bertz CT molecular complexity index is 615. The van der Waals surface area contributed by atoms with Gasteiger partial charge in [0.2, 0.25) is 0 Å². The molecule has 190 valence electrons. The predicted octanol–water partition coefficient (Wildman–Crippen LogP) is 3.10. The van der Waals surface area contributed by atoms with Gasteiger partial charge in [-0.25, -0.2) is 0 Å². The molecule has 0 amide bonds. The number of hydrogen-bond acceptors (Lipinski definition) is 7. The van der Waals surface area contributed by atoms with Crippen LogP contribution in [0.4, 0.5) is 0 Å². The van der Waals surface area contributed by atoms with Gasteiger partial charge in [0.05, 0.1) is 18.8 Å². The van der Waals surface area contributed by atoms with Gasteiger partial charge >= 0.3 is 0 Å². The summed E-state index contributed by atoms with van der Waals surface area (Å²) in [6.07, 6.45) is 6.30. The Morgan fingerprint density at radius 3 is 2.64 bits per heavy atom. The van der Waals surface area contributed by atoms with Gasteiger partial charge in [-0.15, -0.1) is 0 Å². The number of unbranched alkanes of at least 4 members (excludes halogenated alkanes) is 4. The summed E-state index contributed by atoms with van der Waals surface area (Å²) in [6.45, 7) is 7.79. The molecule has 1 saturated heterocycles. The average molecular weight is 467 g/mol. The van der Waals surface area contributed by atoms with E-state index in [-0.39, 0.29) is 12.9 Å². The quantitative estimate of drug-likeness (QED) is 0.304. The van der Waals surface area contributed by atoms with E-state index in [0.717, 1.165) is 51.1 Å². The molecule has 2 rings (SSSR count). The Kier molecular flexibility index (Phi) is 13.9. The maximum absolute atomic E-state index is 10.7. The molecule has 33 heavy (non-hydrogen) atoms. The van der Waals surface area contributed by atoms with Gasteiger partial charge in [0.15, 0.2) is 6.29 Å². The second kappa shape index (κ2) is 16.4. The van der Waals surface area contributed by atoms with Crippen molar-refractivity contribution < 1.29 is 24.4 Å². The van der Waals surface area contributed by atoms with E-state index in [9.17, 15) is 10.2 Å². The summed E-state index contributed by atoms with van der Waals surface area (Å²) in [5.41, 5.74) is 6.88. The van der Waals surface area contributed by atoms with Crippen molar-refractivity contribution in [3.05, 3.63) is 29.8 Å². The van der Waals surface area contributed by atoms with Crippen molar-refractivity contribution in [3.8, 4) is 5.75 Å². The first-order chi connectivity index (χ1) is 16.0. The third-order valence-electron chi connectivity index (χ3n) is 6.12. The van der Waals surface area contributed by atoms with Crippen LogP contribution in [0.25, 0.3) is 0 Å². The number of benzene rings is 1. The molecule has 0 saturated carbocycles. The van der Waals surface area contributed by atoms with E-state index in [1.807, 2.05) is 19.1 Å². The van der Waals surface area contributed by atoms with Crippen molar-refractivity contribution in [1.29, 1.82) is 0 Å². The number of nitrogens with two attached hydrogens (primary N) is 1. The third-order valence-corrected chi connectivity index (χ3v) is 6.12. The lowest BCUT2D eigenvalue weighted by atomic mass is 10.1. The van der Waals surface area contributed by atoms with Gasteiger partial charge in [0, 0.05) is 19.5 Å². The van der Waals surface area contributed by atoms with Crippen LogP contribution < -0.4 is 10.5 Å². The van der Waals surface area contributed by atoms with Crippen LogP contribution in [0, 0.1) is 0 Å². The van der Waals surface area contributed by atoms with Gasteiger partial charge in [-0.1, -0.05) is 38.3 Å². The summed E-state index contributed by atoms with van der Waals surface area (Å²) >= 11 is 0. The molecule has 1 heterocycles. The molecule has 4 atom stereocenters. The molecule has 7 nitrogen and oxygen atoms in total. The largest absolute Gasteiger partial charge is 0.492 e. The number of aliphatic hydroxyl groups is 2. The minimum Gasteiger partial charge on any atom is -0.492 e. The van der Waals surface area contributed by atoms with E-state index >= 15 is 0 Å². The molecule has 0 aromatic heterocycles. The highest BCUT2D eigenvalue weighted by atomic mass is 16.7. The summed E-state index contributed by atoms with van der Waals surface area (Å²) in [5, 5.41) is 20.8. The zero-order valence-electron chi connectivity index (χ0n) is 20.7. The fraction of sp³-hybridized carbons (Fsp3) is 0.769. The first kappa shape index (κ1) is 28.0. The van der Waals surface area contributed by atoms with Gasteiger partial charge in [-0.05, 0) is 63.4 Å². The lowest BCUT2D eigenvalue weighted by molar-refractivity contribution is -0.249. The summed E-state index contributed by atoms with van der Waals surface area (Å²) < 4.78 is 16.9. The highest BCUT2D eigenvalue weighted by Crippen LogP contribution is 2.18. The van der Waals surface area contributed by atoms with Crippen molar-refractivity contribution in [2.24, 2.45) is 5.73 Å². The molecule has 0 aliphatic carbocycles. The van der Waals surface area contributed by atoms with Crippen molar-refractivity contribution in [2.45, 2.75) is 89.8 Å². The summed E-state index contributed by atoms with van der Waals surface area (Å²) in [6, 6.07) is 8.31. The van der Waals surface area contributed by atoms with Crippen LogP contribution in [0.1, 0.15) is 64.4 Å². The molecular formula is C26H46N2O5. The lowest BCUT2D eigenvalue weighted by Crippen LogP contribution is -2.46. The Morgan fingerprint density at radius 1 is 1.12 bits per heavy atom. The molecule has 4 N–H and O–H groups in total. The second-order valence-electron chi connectivity index (χ2n) is 9.13. The van der Waals surface area contributed by atoms with E-state index in [4.69, 9.17) is 19.9 Å². The zero-order chi connectivity index (χ0) is 23.9. The molecular weight excluding hydrogens is 420 g/mol. The van der Waals surface area contributed by atoms with Crippen LogP contribution in [0.3, 0.4) is 0 Å². The Hall–Kier alpha value is -1.22. The van der Waals surface area contributed by atoms with Crippen molar-refractivity contribution in [2.75, 3.05) is 39.4 Å². The number of aliphatic hydroxyl groups excluding tert-OH is 2. The minimum absolute atomic E-state index is 0.249. The first-order valence-corrected chi connectivity index (χ1v) is 12.8. The Morgan fingerprint density at radius 2 is 1.91 bits per heavy atom. The topological polar surface area (TPSA) is 97.4 Å². The van der Waals surface area contributed by atoms with Crippen LogP contribution in [-0.2, 0) is 15.9 Å². The summed E-state index contributed by atoms with van der Waals surface area (Å²) in [5.74, 6) is 0.872. The Balaban J connectivity index is 1.79. The standard InChI is InChI=1S/C26H46N2O5/c1-3-4-5-8-15-28(19-23(29)18-26-25(30)20-32-21(2)33-26)16-17-31-24-12-10-22(11-13-24)9-6-7-14-27/h10-13,21,23,25-26,29-30H,3-9,14-20,27H2,1-2H3/t21?,23-,25-,26+/m1/s1. The van der Waals surface area contributed by atoms with Gasteiger partial charge in [0.1, 0.15) is 18.5 Å². The van der Waals surface area contributed by atoms with Gasteiger partial charge in [-0.2, -0.15) is 0 Å². The molecule has 1 aromatic carbocycles.